The number of ether oxygens (including phenoxy) is 3. The second-order valence-corrected chi connectivity index (χ2v) is 6.96. The van der Waals surface area contributed by atoms with Crippen LogP contribution in [0.3, 0.4) is 0 Å². The number of hydrogen-bond donors (Lipinski definition) is 2. The number of fused-ring (bicyclic) bond motifs is 1. The van der Waals surface area contributed by atoms with Crippen LogP contribution in [0, 0.1) is 0 Å². The van der Waals surface area contributed by atoms with E-state index in [1.54, 1.807) is 24.1 Å². The fraction of sp³-hybridized carbons (Fsp3) is 0.333. The average molecular weight is 397 g/mol. The van der Waals surface area contributed by atoms with Crippen molar-refractivity contribution in [1.82, 2.24) is 10.6 Å². The van der Waals surface area contributed by atoms with Gasteiger partial charge in [0.1, 0.15) is 12.4 Å². The van der Waals surface area contributed by atoms with Crippen molar-refractivity contribution < 1.29 is 23.8 Å². The molecule has 0 aliphatic carbocycles. The smallest absolute Gasteiger partial charge is 0.315 e. The summed E-state index contributed by atoms with van der Waals surface area (Å²) in [5.74, 6) is 2.07. The van der Waals surface area contributed by atoms with Gasteiger partial charge in [0.25, 0.3) is 0 Å². The minimum Gasteiger partial charge on any atom is -0.497 e. The summed E-state index contributed by atoms with van der Waals surface area (Å²) in [6.45, 7) is 1.10. The maximum atomic E-state index is 12.3. The van der Waals surface area contributed by atoms with Crippen molar-refractivity contribution in [3.8, 4) is 17.2 Å². The van der Waals surface area contributed by atoms with Gasteiger partial charge in [-0.25, -0.2) is 4.79 Å². The number of carbonyl (C=O) groups is 2. The minimum absolute atomic E-state index is 0.0268. The molecule has 152 valence electrons. The molecule has 2 heterocycles. The van der Waals surface area contributed by atoms with E-state index in [-0.39, 0.29) is 30.5 Å². The number of carbonyl (C=O) groups excluding carboxylic acids is 2. The van der Waals surface area contributed by atoms with Gasteiger partial charge in [0.2, 0.25) is 5.91 Å². The second kappa shape index (κ2) is 8.30. The Bertz CT molecular complexity index is 886. The third-order valence-corrected chi connectivity index (χ3v) is 4.90. The molecule has 2 aliphatic heterocycles. The number of benzene rings is 2. The molecule has 0 spiro atoms. The monoisotopic (exact) mass is 397 g/mol. The molecular weight excluding hydrogens is 374 g/mol. The van der Waals surface area contributed by atoms with Gasteiger partial charge in [0, 0.05) is 18.7 Å². The van der Waals surface area contributed by atoms with E-state index in [1.165, 1.54) is 0 Å². The summed E-state index contributed by atoms with van der Waals surface area (Å²) in [5, 5.41) is 5.65. The van der Waals surface area contributed by atoms with Crippen LogP contribution in [-0.4, -0.2) is 50.9 Å². The Morgan fingerprint density at radius 2 is 1.93 bits per heavy atom. The van der Waals surface area contributed by atoms with Crippen molar-refractivity contribution in [2.75, 3.05) is 31.7 Å². The van der Waals surface area contributed by atoms with Gasteiger partial charge < -0.3 is 29.7 Å². The van der Waals surface area contributed by atoms with Crippen LogP contribution in [0.5, 0.6) is 17.2 Å². The highest BCUT2D eigenvalue weighted by Gasteiger charge is 2.32. The van der Waals surface area contributed by atoms with Crippen LogP contribution in [0.1, 0.15) is 6.42 Å². The third kappa shape index (κ3) is 4.37. The standard InChI is InChI=1S/C21H23N3O5/c1-27-16-8-6-15(7-9-16)24-12-14(10-20(24)25)23-21(26)22-11-17-13-28-18-4-2-3-5-19(18)29-17/h2-9,14,17H,10-13H2,1H3,(H2,22,23,26). The predicted octanol–water partition coefficient (Wildman–Crippen LogP) is 1.94. The molecule has 0 radical (unpaired) electrons. The molecule has 2 aromatic carbocycles. The van der Waals surface area contributed by atoms with Gasteiger partial charge >= 0.3 is 6.03 Å². The zero-order chi connectivity index (χ0) is 20.2. The van der Waals surface area contributed by atoms with Crippen LogP contribution in [0.25, 0.3) is 0 Å². The van der Waals surface area contributed by atoms with Crippen LogP contribution < -0.4 is 29.7 Å². The maximum absolute atomic E-state index is 12.3. The van der Waals surface area contributed by atoms with E-state index in [1.807, 2.05) is 36.4 Å². The molecule has 8 heteroatoms. The second-order valence-electron chi connectivity index (χ2n) is 6.96. The fourth-order valence-corrected chi connectivity index (χ4v) is 3.42. The van der Waals surface area contributed by atoms with Crippen molar-refractivity contribution in [3.63, 3.8) is 0 Å². The van der Waals surface area contributed by atoms with Crippen LogP contribution in [0.2, 0.25) is 0 Å². The van der Waals surface area contributed by atoms with E-state index in [2.05, 4.69) is 10.6 Å². The number of nitrogens with zero attached hydrogens (tertiary/aromatic N) is 1. The third-order valence-electron chi connectivity index (χ3n) is 4.90. The quantitative estimate of drug-likeness (QED) is 0.805. The molecule has 2 N–H and O–H groups in total. The Hall–Kier alpha value is -3.42. The first-order chi connectivity index (χ1) is 14.1. The van der Waals surface area contributed by atoms with Gasteiger partial charge in [-0.3, -0.25) is 4.79 Å². The molecule has 1 saturated heterocycles. The number of urea groups is 1. The first-order valence-corrected chi connectivity index (χ1v) is 9.49. The zero-order valence-electron chi connectivity index (χ0n) is 16.1. The molecule has 8 nitrogen and oxygen atoms in total. The van der Waals surface area contributed by atoms with Crippen molar-refractivity contribution in [3.05, 3.63) is 48.5 Å². The van der Waals surface area contributed by atoms with Gasteiger partial charge in [-0.05, 0) is 36.4 Å². The molecule has 29 heavy (non-hydrogen) atoms. The Balaban J connectivity index is 1.25. The number of amides is 3. The van der Waals surface area contributed by atoms with Crippen molar-refractivity contribution in [2.24, 2.45) is 0 Å². The fourth-order valence-electron chi connectivity index (χ4n) is 3.42. The van der Waals surface area contributed by atoms with Crippen LogP contribution in [0.15, 0.2) is 48.5 Å². The molecule has 3 amide bonds. The number of methoxy groups -OCH3 is 1. The average Bonchev–Trinajstić information content (AvgIpc) is 3.12. The summed E-state index contributed by atoms with van der Waals surface area (Å²) in [6, 6.07) is 14.1. The highest BCUT2D eigenvalue weighted by atomic mass is 16.6. The zero-order valence-corrected chi connectivity index (χ0v) is 16.1. The van der Waals surface area contributed by atoms with E-state index in [9.17, 15) is 9.59 Å². The molecule has 2 atom stereocenters. The lowest BCUT2D eigenvalue weighted by Crippen LogP contribution is -2.47. The molecule has 2 aromatic rings. The van der Waals surface area contributed by atoms with Crippen LogP contribution in [0.4, 0.5) is 10.5 Å². The van der Waals surface area contributed by atoms with Gasteiger partial charge in [-0.15, -0.1) is 0 Å². The summed E-state index contributed by atoms with van der Waals surface area (Å²) in [7, 11) is 1.60. The molecular formula is C21H23N3O5. The minimum atomic E-state index is -0.332. The summed E-state index contributed by atoms with van der Waals surface area (Å²) in [6.07, 6.45) is -0.00720. The van der Waals surface area contributed by atoms with E-state index < -0.39 is 0 Å². The van der Waals surface area contributed by atoms with E-state index in [4.69, 9.17) is 14.2 Å². The number of hydrogen-bond acceptors (Lipinski definition) is 5. The van der Waals surface area contributed by atoms with Crippen LogP contribution in [-0.2, 0) is 4.79 Å². The number of para-hydroxylation sites is 2. The van der Waals surface area contributed by atoms with Gasteiger partial charge in [0.05, 0.1) is 19.7 Å². The Labute approximate surface area is 168 Å². The summed E-state index contributed by atoms with van der Waals surface area (Å²) in [4.78, 5) is 26.3. The molecule has 2 aliphatic rings. The highest BCUT2D eigenvalue weighted by Crippen LogP contribution is 2.30. The summed E-state index contributed by atoms with van der Waals surface area (Å²) < 4.78 is 16.6. The van der Waals surface area contributed by atoms with E-state index in [0.29, 0.717) is 31.2 Å². The van der Waals surface area contributed by atoms with E-state index in [0.717, 1.165) is 11.4 Å². The molecule has 1 fully saturated rings. The maximum Gasteiger partial charge on any atom is 0.315 e. The molecule has 0 aromatic heterocycles. The SMILES string of the molecule is COc1ccc(N2CC(NC(=O)NCC3COc4ccccc4O3)CC2=O)cc1. The summed E-state index contributed by atoms with van der Waals surface area (Å²) >= 11 is 0. The van der Waals surface area contributed by atoms with E-state index >= 15 is 0 Å². The van der Waals surface area contributed by atoms with Crippen molar-refractivity contribution in [1.29, 1.82) is 0 Å². The topological polar surface area (TPSA) is 89.1 Å². The molecule has 0 bridgehead atoms. The van der Waals surface area contributed by atoms with Crippen LogP contribution >= 0.6 is 0 Å². The first kappa shape index (κ1) is 18.9. The number of rotatable bonds is 5. The lowest BCUT2D eigenvalue weighted by Gasteiger charge is -2.26. The highest BCUT2D eigenvalue weighted by molar-refractivity contribution is 5.96. The largest absolute Gasteiger partial charge is 0.497 e. The van der Waals surface area contributed by atoms with Gasteiger partial charge in [0.15, 0.2) is 17.6 Å². The lowest BCUT2D eigenvalue weighted by molar-refractivity contribution is -0.117. The first-order valence-electron chi connectivity index (χ1n) is 9.49. The Morgan fingerprint density at radius 1 is 1.17 bits per heavy atom. The normalized spacial score (nSPS) is 20.3. The molecule has 2 unspecified atom stereocenters. The molecule has 0 saturated carbocycles. The number of nitrogens with one attached hydrogen (secondary N) is 2. The van der Waals surface area contributed by atoms with Crippen molar-refractivity contribution >= 4 is 17.6 Å². The Morgan fingerprint density at radius 3 is 2.69 bits per heavy atom. The summed E-state index contributed by atoms with van der Waals surface area (Å²) in [5.41, 5.74) is 0.784. The Kier molecular flexibility index (Phi) is 5.41. The van der Waals surface area contributed by atoms with Gasteiger partial charge in [-0.1, -0.05) is 12.1 Å². The number of anilines is 1. The molecule has 4 rings (SSSR count). The lowest BCUT2D eigenvalue weighted by atomic mass is 10.2. The predicted molar refractivity (Wildman–Crippen MR) is 107 cm³/mol. The van der Waals surface area contributed by atoms with Gasteiger partial charge in [-0.2, -0.15) is 0 Å². The van der Waals surface area contributed by atoms with Crippen molar-refractivity contribution in [2.45, 2.75) is 18.6 Å².